The number of rotatable bonds is 9. The van der Waals surface area contributed by atoms with Crippen LogP contribution in [0.3, 0.4) is 0 Å². The van der Waals surface area contributed by atoms with Gasteiger partial charge < -0.3 is 24.8 Å². The number of nitrogens with one attached hydrogen (secondary N) is 2. The van der Waals surface area contributed by atoms with Gasteiger partial charge in [0, 0.05) is 19.1 Å². The van der Waals surface area contributed by atoms with Crippen LogP contribution in [0, 0.1) is 5.41 Å². The van der Waals surface area contributed by atoms with E-state index >= 15 is 0 Å². The summed E-state index contributed by atoms with van der Waals surface area (Å²) >= 11 is 0. The number of hydrogen-bond donors (Lipinski definition) is 2. The Kier molecular flexibility index (Phi) is 9.63. The molecule has 1 aliphatic heterocycles. The van der Waals surface area contributed by atoms with Crippen molar-refractivity contribution in [3.05, 3.63) is 24.3 Å². The van der Waals surface area contributed by atoms with Crippen LogP contribution in [0.1, 0.15) is 19.8 Å². The molecule has 0 unspecified atom stereocenters. The van der Waals surface area contributed by atoms with Crippen LogP contribution >= 0.6 is 12.4 Å². The first-order valence-corrected chi connectivity index (χ1v) is 8.50. The predicted octanol–water partition coefficient (Wildman–Crippen LogP) is 2.02. The van der Waals surface area contributed by atoms with Gasteiger partial charge in [0.25, 0.3) is 5.91 Å². The van der Waals surface area contributed by atoms with Crippen molar-refractivity contribution in [1.82, 2.24) is 10.6 Å². The average molecular weight is 373 g/mol. The number of carbonyl (C=O) groups is 1. The molecular formula is C18H29ClN2O4. The molecule has 0 spiro atoms. The van der Waals surface area contributed by atoms with Gasteiger partial charge in [0.05, 0.1) is 13.2 Å². The van der Waals surface area contributed by atoms with Crippen molar-refractivity contribution in [2.75, 3.05) is 46.6 Å². The first-order valence-electron chi connectivity index (χ1n) is 8.50. The maximum absolute atomic E-state index is 12.1. The maximum Gasteiger partial charge on any atom is 0.257 e. The predicted molar refractivity (Wildman–Crippen MR) is 99.8 cm³/mol. The molecule has 0 aromatic heterocycles. The number of ether oxygens (including phenoxy) is 3. The zero-order valence-corrected chi connectivity index (χ0v) is 15.8. The lowest BCUT2D eigenvalue weighted by molar-refractivity contribution is -0.124. The third kappa shape index (κ3) is 6.72. The van der Waals surface area contributed by atoms with Crippen LogP contribution in [0.4, 0.5) is 0 Å². The van der Waals surface area contributed by atoms with E-state index < -0.39 is 0 Å². The second-order valence-electron chi connectivity index (χ2n) is 6.13. The Labute approximate surface area is 156 Å². The summed E-state index contributed by atoms with van der Waals surface area (Å²) in [5, 5.41) is 6.33. The van der Waals surface area contributed by atoms with Crippen molar-refractivity contribution in [3.63, 3.8) is 0 Å². The van der Waals surface area contributed by atoms with Gasteiger partial charge >= 0.3 is 0 Å². The molecule has 142 valence electrons. The Morgan fingerprint density at radius 2 is 1.84 bits per heavy atom. The van der Waals surface area contributed by atoms with Gasteiger partial charge in [0.1, 0.15) is 0 Å². The van der Waals surface area contributed by atoms with Gasteiger partial charge in [-0.1, -0.05) is 12.1 Å². The van der Waals surface area contributed by atoms with Crippen LogP contribution in [-0.4, -0.2) is 52.5 Å². The smallest absolute Gasteiger partial charge is 0.257 e. The summed E-state index contributed by atoms with van der Waals surface area (Å²) < 4.78 is 16.5. The number of benzene rings is 1. The molecule has 25 heavy (non-hydrogen) atoms. The zero-order chi connectivity index (χ0) is 17.3. The summed E-state index contributed by atoms with van der Waals surface area (Å²) in [6.07, 6.45) is 1.99. The lowest BCUT2D eigenvalue weighted by atomic mass is 9.79. The summed E-state index contributed by atoms with van der Waals surface area (Å²) in [6, 6.07) is 7.37. The van der Waals surface area contributed by atoms with Gasteiger partial charge in [-0.05, 0) is 45.0 Å². The molecule has 1 saturated heterocycles. The number of piperidine rings is 1. The Bertz CT molecular complexity index is 516. The highest BCUT2D eigenvalue weighted by molar-refractivity contribution is 5.85. The second-order valence-corrected chi connectivity index (χ2v) is 6.13. The molecule has 1 aromatic carbocycles. The molecule has 1 heterocycles. The van der Waals surface area contributed by atoms with Gasteiger partial charge in [0.15, 0.2) is 18.1 Å². The molecule has 0 radical (unpaired) electrons. The van der Waals surface area contributed by atoms with Gasteiger partial charge in [-0.15, -0.1) is 12.4 Å². The van der Waals surface area contributed by atoms with Crippen LogP contribution in [0.15, 0.2) is 24.3 Å². The minimum atomic E-state index is -0.129. The fraction of sp³-hybridized carbons (Fsp3) is 0.611. The largest absolute Gasteiger partial charge is 0.490 e. The second kappa shape index (κ2) is 11.2. The highest BCUT2D eigenvalue weighted by Gasteiger charge is 2.32. The van der Waals surface area contributed by atoms with Crippen molar-refractivity contribution in [2.45, 2.75) is 19.8 Å². The first kappa shape index (κ1) is 21.5. The summed E-state index contributed by atoms with van der Waals surface area (Å²) in [5.74, 6) is 1.11. The van der Waals surface area contributed by atoms with E-state index in [1.54, 1.807) is 13.2 Å². The van der Waals surface area contributed by atoms with Crippen LogP contribution in [0.5, 0.6) is 11.5 Å². The number of carbonyl (C=O) groups excluding carboxylic acids is 1. The van der Waals surface area contributed by atoms with E-state index in [0.29, 0.717) is 31.3 Å². The zero-order valence-electron chi connectivity index (χ0n) is 15.0. The van der Waals surface area contributed by atoms with Crippen molar-refractivity contribution in [1.29, 1.82) is 0 Å². The summed E-state index contributed by atoms with van der Waals surface area (Å²) in [5.41, 5.74) is 0.0128. The van der Waals surface area contributed by atoms with Crippen LogP contribution in [0.2, 0.25) is 0 Å². The van der Waals surface area contributed by atoms with Gasteiger partial charge in [0.2, 0.25) is 0 Å². The fourth-order valence-electron chi connectivity index (χ4n) is 2.96. The molecule has 1 fully saturated rings. The molecule has 2 rings (SSSR count). The number of amides is 1. The molecular weight excluding hydrogens is 344 g/mol. The number of halogens is 1. The normalized spacial score (nSPS) is 15.8. The molecule has 1 aromatic rings. The molecule has 0 bridgehead atoms. The standard InChI is InChI=1S/C18H28N2O4.ClH/c1-3-23-15-6-4-5-7-16(15)24-12-17(21)20-13-18(14-22-2)8-10-19-11-9-18;/h4-7,19H,3,8-14H2,1-2H3,(H,20,21);1H. The Morgan fingerprint density at radius 1 is 1.20 bits per heavy atom. The summed E-state index contributed by atoms with van der Waals surface area (Å²) in [7, 11) is 1.71. The monoisotopic (exact) mass is 372 g/mol. The molecule has 0 atom stereocenters. The van der Waals surface area contributed by atoms with Crippen molar-refractivity contribution in [3.8, 4) is 11.5 Å². The molecule has 1 aliphatic rings. The topological polar surface area (TPSA) is 68.8 Å². The third-order valence-corrected chi connectivity index (χ3v) is 4.28. The van der Waals surface area contributed by atoms with E-state index in [-0.39, 0.29) is 30.3 Å². The minimum Gasteiger partial charge on any atom is -0.490 e. The maximum atomic E-state index is 12.1. The van der Waals surface area contributed by atoms with E-state index in [1.807, 2.05) is 25.1 Å². The van der Waals surface area contributed by atoms with E-state index in [4.69, 9.17) is 14.2 Å². The van der Waals surface area contributed by atoms with Gasteiger partial charge in [-0.2, -0.15) is 0 Å². The number of hydrogen-bond acceptors (Lipinski definition) is 5. The van der Waals surface area contributed by atoms with E-state index in [0.717, 1.165) is 25.9 Å². The van der Waals surface area contributed by atoms with Crippen LogP contribution in [0.25, 0.3) is 0 Å². The molecule has 7 heteroatoms. The van der Waals surface area contributed by atoms with E-state index in [9.17, 15) is 4.79 Å². The Morgan fingerprint density at radius 3 is 2.44 bits per heavy atom. The summed E-state index contributed by atoms with van der Waals surface area (Å²) in [4.78, 5) is 12.1. The molecule has 6 nitrogen and oxygen atoms in total. The van der Waals surface area contributed by atoms with E-state index in [1.165, 1.54) is 0 Å². The third-order valence-electron chi connectivity index (χ3n) is 4.28. The number of para-hydroxylation sites is 2. The molecule has 0 aliphatic carbocycles. The lowest BCUT2D eigenvalue weighted by Gasteiger charge is -2.37. The minimum absolute atomic E-state index is 0. The van der Waals surface area contributed by atoms with Crippen molar-refractivity contribution < 1.29 is 19.0 Å². The quantitative estimate of drug-likeness (QED) is 0.694. The van der Waals surface area contributed by atoms with Gasteiger partial charge in [-0.25, -0.2) is 0 Å². The van der Waals surface area contributed by atoms with Crippen molar-refractivity contribution in [2.24, 2.45) is 5.41 Å². The Hall–Kier alpha value is -1.50. The fourth-order valence-corrected chi connectivity index (χ4v) is 2.96. The first-order chi connectivity index (χ1) is 11.7. The van der Waals surface area contributed by atoms with Gasteiger partial charge in [-0.3, -0.25) is 4.79 Å². The van der Waals surface area contributed by atoms with Crippen LogP contribution < -0.4 is 20.1 Å². The Balaban J connectivity index is 0.00000312. The lowest BCUT2D eigenvalue weighted by Crippen LogP contribution is -2.47. The average Bonchev–Trinajstić information content (AvgIpc) is 2.61. The SMILES string of the molecule is CCOc1ccccc1OCC(=O)NCC1(COC)CCNCC1.Cl. The van der Waals surface area contributed by atoms with Crippen LogP contribution in [-0.2, 0) is 9.53 Å². The highest BCUT2D eigenvalue weighted by atomic mass is 35.5. The molecule has 1 amide bonds. The summed E-state index contributed by atoms with van der Waals surface area (Å²) in [6.45, 7) is 5.62. The molecule has 0 saturated carbocycles. The van der Waals surface area contributed by atoms with E-state index in [2.05, 4.69) is 10.6 Å². The number of methoxy groups -OCH3 is 1. The highest BCUT2D eigenvalue weighted by Crippen LogP contribution is 2.28. The van der Waals surface area contributed by atoms with Crippen molar-refractivity contribution >= 4 is 18.3 Å². The molecule has 2 N–H and O–H groups in total.